The summed E-state index contributed by atoms with van der Waals surface area (Å²) in [4.78, 5) is 19.8. The topological polar surface area (TPSA) is 57.2 Å². The average molecular weight is 154 g/mol. The van der Waals surface area contributed by atoms with Gasteiger partial charge in [0.15, 0.2) is 0 Å². The second-order valence-electron chi connectivity index (χ2n) is 1.44. The van der Waals surface area contributed by atoms with Crippen molar-refractivity contribution in [1.82, 2.24) is 0 Å². The molecule has 0 radical (unpaired) electrons. The number of carbonyl (C=O) groups excluding carboxylic acids is 2. The minimum atomic E-state index is -1.29. The number of rotatable bonds is 3. The van der Waals surface area contributed by atoms with Crippen molar-refractivity contribution >= 4 is 11.8 Å². The molecule has 0 saturated carbocycles. The summed E-state index contributed by atoms with van der Waals surface area (Å²) in [5.41, 5.74) is 0. The zero-order valence-electron chi connectivity index (χ0n) is 5.64. The molecular formula is C5H7KO3. The zero-order chi connectivity index (χ0) is 6.57. The Morgan fingerprint density at radius 1 is 1.44 bits per heavy atom. The van der Waals surface area contributed by atoms with Crippen LogP contribution in [-0.4, -0.2) is 11.8 Å². The molecule has 0 atom stereocenters. The number of carboxylic acids is 1. The number of ketones is 1. The summed E-state index contributed by atoms with van der Waals surface area (Å²) in [6, 6.07) is 0. The molecular weight excluding hydrogens is 147 g/mol. The van der Waals surface area contributed by atoms with Crippen molar-refractivity contribution in [2.45, 2.75) is 19.8 Å². The smallest absolute Gasteiger partial charge is 0.550 e. The molecule has 0 aliphatic rings. The van der Waals surface area contributed by atoms with Gasteiger partial charge in [0.1, 0.15) is 5.78 Å². The third-order valence-corrected chi connectivity index (χ3v) is 0.736. The van der Waals surface area contributed by atoms with E-state index in [1.807, 2.05) is 0 Å². The van der Waals surface area contributed by atoms with E-state index in [9.17, 15) is 14.7 Å². The van der Waals surface area contributed by atoms with Gasteiger partial charge in [-0.3, -0.25) is 4.79 Å². The van der Waals surface area contributed by atoms with E-state index in [4.69, 9.17) is 0 Å². The number of hydrogen-bond acceptors (Lipinski definition) is 3. The molecule has 3 nitrogen and oxygen atoms in total. The predicted molar refractivity (Wildman–Crippen MR) is 24.9 cm³/mol. The molecule has 0 amide bonds. The van der Waals surface area contributed by atoms with Gasteiger partial charge in [0.25, 0.3) is 0 Å². The Hall–Kier alpha value is 0.776. The maximum Gasteiger partial charge on any atom is 1.00 e. The molecule has 0 aliphatic heterocycles. The number of Topliss-reactive ketones (excluding diaryl/α,β-unsaturated/α-hetero) is 1. The molecule has 0 saturated heterocycles. The number of carbonyl (C=O) groups is 2. The molecule has 0 N–H and O–H groups in total. The van der Waals surface area contributed by atoms with Crippen molar-refractivity contribution in [3.8, 4) is 0 Å². The fourth-order valence-corrected chi connectivity index (χ4v) is 0.286. The molecule has 0 aromatic heterocycles. The van der Waals surface area contributed by atoms with Crippen LogP contribution in [0.2, 0.25) is 0 Å². The number of carboxylic acid groups (broad SMARTS) is 1. The van der Waals surface area contributed by atoms with Gasteiger partial charge < -0.3 is 9.90 Å². The van der Waals surface area contributed by atoms with Gasteiger partial charge in [0, 0.05) is 18.8 Å². The Bertz CT molecular complexity index is 111. The first-order valence-corrected chi connectivity index (χ1v) is 2.38. The van der Waals surface area contributed by atoms with Gasteiger partial charge >= 0.3 is 51.4 Å². The molecule has 0 rings (SSSR count). The first-order chi connectivity index (χ1) is 3.66. The standard InChI is InChI=1S/C5H8O3.K/c1-2-4(6)3-5(7)8;/h2-3H2,1H3,(H,7,8);/q;+1/p-1. The van der Waals surface area contributed by atoms with Crippen molar-refractivity contribution in [2.24, 2.45) is 0 Å². The van der Waals surface area contributed by atoms with Gasteiger partial charge in [-0.05, 0) is 0 Å². The summed E-state index contributed by atoms with van der Waals surface area (Å²) in [6.07, 6.45) is -0.176. The second-order valence-corrected chi connectivity index (χ2v) is 1.44. The maximum atomic E-state index is 10.2. The quantitative estimate of drug-likeness (QED) is 0.308. The molecule has 0 aromatic carbocycles. The molecule has 9 heavy (non-hydrogen) atoms. The summed E-state index contributed by atoms with van der Waals surface area (Å²) in [7, 11) is 0. The van der Waals surface area contributed by atoms with Crippen LogP contribution in [0.3, 0.4) is 0 Å². The SMILES string of the molecule is CCC(=O)CC(=O)[O-].[K+]. The van der Waals surface area contributed by atoms with Crippen molar-refractivity contribution in [1.29, 1.82) is 0 Å². The Morgan fingerprint density at radius 3 is 2.00 bits per heavy atom. The van der Waals surface area contributed by atoms with Crippen LogP contribution in [0.25, 0.3) is 0 Å². The van der Waals surface area contributed by atoms with E-state index in [2.05, 4.69) is 0 Å². The predicted octanol–water partition coefficient (Wildman–Crippen LogP) is -3.89. The van der Waals surface area contributed by atoms with E-state index in [1.54, 1.807) is 6.92 Å². The monoisotopic (exact) mass is 154 g/mol. The fourth-order valence-electron chi connectivity index (χ4n) is 0.286. The third kappa shape index (κ3) is 8.78. The van der Waals surface area contributed by atoms with Crippen LogP contribution in [-0.2, 0) is 9.59 Å². The molecule has 0 heterocycles. The van der Waals surface area contributed by atoms with Crippen molar-refractivity contribution < 1.29 is 66.1 Å². The van der Waals surface area contributed by atoms with E-state index in [1.165, 1.54) is 0 Å². The molecule has 0 fully saturated rings. The van der Waals surface area contributed by atoms with Crippen LogP contribution in [0.4, 0.5) is 0 Å². The third-order valence-electron chi connectivity index (χ3n) is 0.736. The van der Waals surface area contributed by atoms with Crippen LogP contribution in [0.15, 0.2) is 0 Å². The molecule has 0 spiro atoms. The number of aliphatic carboxylic acids is 1. The van der Waals surface area contributed by atoms with E-state index < -0.39 is 12.4 Å². The first-order valence-electron chi connectivity index (χ1n) is 2.38. The fraction of sp³-hybridized carbons (Fsp3) is 0.600. The van der Waals surface area contributed by atoms with Crippen LogP contribution < -0.4 is 56.5 Å². The summed E-state index contributed by atoms with van der Waals surface area (Å²) in [5, 5.41) is 9.64. The summed E-state index contributed by atoms with van der Waals surface area (Å²) >= 11 is 0. The Balaban J connectivity index is 0. The van der Waals surface area contributed by atoms with Crippen molar-refractivity contribution in [3.05, 3.63) is 0 Å². The molecule has 46 valence electrons. The van der Waals surface area contributed by atoms with Gasteiger partial charge in [0.2, 0.25) is 0 Å². The molecule has 0 unspecified atom stereocenters. The Labute approximate surface area is 96.2 Å². The summed E-state index contributed by atoms with van der Waals surface area (Å²) in [5.74, 6) is -1.58. The van der Waals surface area contributed by atoms with Crippen LogP contribution in [0.5, 0.6) is 0 Å². The van der Waals surface area contributed by atoms with Crippen LogP contribution in [0, 0.1) is 0 Å². The maximum absolute atomic E-state index is 10.2. The average Bonchev–Trinajstić information content (AvgIpc) is 1.65. The van der Waals surface area contributed by atoms with E-state index in [-0.39, 0.29) is 63.6 Å². The number of hydrogen-bond donors (Lipinski definition) is 0. The summed E-state index contributed by atoms with van der Waals surface area (Å²) < 4.78 is 0. The van der Waals surface area contributed by atoms with E-state index in [0.717, 1.165) is 0 Å². The van der Waals surface area contributed by atoms with Crippen molar-refractivity contribution in [2.75, 3.05) is 0 Å². The largest absolute Gasteiger partial charge is 1.00 e. The van der Waals surface area contributed by atoms with Crippen LogP contribution in [0.1, 0.15) is 19.8 Å². The summed E-state index contributed by atoms with van der Waals surface area (Å²) in [6.45, 7) is 1.62. The first kappa shape index (κ1) is 12.5. The molecule has 0 aromatic rings. The van der Waals surface area contributed by atoms with Gasteiger partial charge in [-0.2, -0.15) is 0 Å². The molecule has 0 aliphatic carbocycles. The van der Waals surface area contributed by atoms with Gasteiger partial charge in [-0.1, -0.05) is 6.92 Å². The Morgan fingerprint density at radius 2 is 1.89 bits per heavy atom. The van der Waals surface area contributed by atoms with Gasteiger partial charge in [-0.15, -0.1) is 0 Å². The minimum Gasteiger partial charge on any atom is -0.550 e. The van der Waals surface area contributed by atoms with Gasteiger partial charge in [0.05, 0.1) is 0 Å². The van der Waals surface area contributed by atoms with Crippen molar-refractivity contribution in [3.63, 3.8) is 0 Å². The zero-order valence-corrected chi connectivity index (χ0v) is 8.76. The van der Waals surface area contributed by atoms with E-state index >= 15 is 0 Å². The molecule has 4 heteroatoms. The van der Waals surface area contributed by atoms with Crippen LogP contribution >= 0.6 is 0 Å². The molecule has 0 bridgehead atoms. The second kappa shape index (κ2) is 6.89. The van der Waals surface area contributed by atoms with E-state index in [0.29, 0.717) is 0 Å². The Kier molecular flexibility index (Phi) is 9.53. The normalized spacial score (nSPS) is 7.67. The minimum absolute atomic E-state index is 0. The van der Waals surface area contributed by atoms with Gasteiger partial charge in [-0.25, -0.2) is 0 Å².